The summed E-state index contributed by atoms with van der Waals surface area (Å²) in [4.78, 5) is 0. The van der Waals surface area contributed by atoms with Gasteiger partial charge in [-0.2, -0.15) is 0 Å². The van der Waals surface area contributed by atoms with Crippen molar-refractivity contribution in [1.29, 1.82) is 0 Å². The van der Waals surface area contributed by atoms with Gasteiger partial charge in [0.1, 0.15) is 0 Å². The summed E-state index contributed by atoms with van der Waals surface area (Å²) in [7, 11) is 0. The van der Waals surface area contributed by atoms with Gasteiger partial charge in [0.2, 0.25) is 0 Å². The molecule has 0 bridgehead atoms. The lowest BCUT2D eigenvalue weighted by atomic mass is 9.78. The molecule has 2 rings (SSSR count). The lowest BCUT2D eigenvalue weighted by Gasteiger charge is -2.27. The molecule has 0 heteroatoms. The minimum absolute atomic E-state index is 0.00863. The second kappa shape index (κ2) is 6.93. The van der Waals surface area contributed by atoms with Crippen LogP contribution in [-0.2, 0) is 18.3 Å². The van der Waals surface area contributed by atoms with Crippen LogP contribution in [0.4, 0.5) is 0 Å². The van der Waals surface area contributed by atoms with Crippen LogP contribution in [0.3, 0.4) is 0 Å². The normalized spacial score (nSPS) is 11.6. The van der Waals surface area contributed by atoms with Crippen LogP contribution in [0.1, 0.15) is 48.9 Å². The fourth-order valence-corrected chi connectivity index (χ4v) is 3.01. The summed E-state index contributed by atoms with van der Waals surface area (Å²) in [5, 5.41) is 0. The van der Waals surface area contributed by atoms with E-state index in [1.807, 2.05) is 0 Å². The minimum Gasteiger partial charge on any atom is -0.0620 e. The fourth-order valence-electron chi connectivity index (χ4n) is 3.01. The first-order valence-corrected chi connectivity index (χ1v) is 8.02. The van der Waals surface area contributed by atoms with Crippen molar-refractivity contribution in [2.45, 2.75) is 51.9 Å². The molecule has 0 spiro atoms. The van der Waals surface area contributed by atoms with Crippen molar-refractivity contribution in [2.24, 2.45) is 0 Å². The Morgan fingerprint density at radius 1 is 0.952 bits per heavy atom. The Hall–Kier alpha value is -1.56. The van der Waals surface area contributed by atoms with Gasteiger partial charge in [0.15, 0.2) is 0 Å². The summed E-state index contributed by atoms with van der Waals surface area (Å²) in [5.74, 6) is 0. The van der Waals surface area contributed by atoms with Crippen LogP contribution in [0.2, 0.25) is 0 Å². The van der Waals surface area contributed by atoms with E-state index in [0.29, 0.717) is 0 Å². The van der Waals surface area contributed by atoms with Crippen LogP contribution in [-0.4, -0.2) is 0 Å². The summed E-state index contributed by atoms with van der Waals surface area (Å²) < 4.78 is 0. The molecule has 0 aromatic heterocycles. The first kappa shape index (κ1) is 15.8. The molecule has 1 atom stereocenters. The van der Waals surface area contributed by atoms with E-state index in [4.69, 9.17) is 0 Å². The maximum absolute atomic E-state index is 4.46. The maximum Gasteiger partial charge on any atom is -0.00722 e. The fraction of sp³-hybridized carbons (Fsp3) is 0.381. The van der Waals surface area contributed by atoms with Crippen molar-refractivity contribution in [2.75, 3.05) is 0 Å². The molecule has 1 unspecified atom stereocenters. The van der Waals surface area contributed by atoms with Crippen molar-refractivity contribution in [3.05, 3.63) is 77.7 Å². The van der Waals surface area contributed by atoms with Gasteiger partial charge in [-0.25, -0.2) is 0 Å². The molecule has 0 aliphatic rings. The van der Waals surface area contributed by atoms with Gasteiger partial charge in [-0.05, 0) is 67.2 Å². The second-order valence-corrected chi connectivity index (χ2v) is 6.40. The monoisotopic (exact) mass is 279 g/mol. The predicted octanol–water partition coefficient (Wildman–Crippen LogP) is 5.67. The molecule has 0 heterocycles. The number of hydrogen-bond acceptors (Lipinski definition) is 0. The van der Waals surface area contributed by atoms with Gasteiger partial charge >= 0.3 is 0 Å². The van der Waals surface area contributed by atoms with Crippen molar-refractivity contribution in [3.8, 4) is 0 Å². The molecule has 0 aliphatic heterocycles. The highest BCUT2D eigenvalue weighted by molar-refractivity contribution is 5.33. The minimum atomic E-state index is 0.00863. The molecule has 2 aromatic rings. The van der Waals surface area contributed by atoms with Crippen LogP contribution in [0.15, 0.2) is 48.5 Å². The third-order valence-corrected chi connectivity index (χ3v) is 4.42. The Bertz CT molecular complexity index is 561. The Kier molecular flexibility index (Phi) is 5.22. The molecule has 0 nitrogen and oxygen atoms in total. The van der Waals surface area contributed by atoms with Gasteiger partial charge in [0.25, 0.3) is 0 Å². The van der Waals surface area contributed by atoms with E-state index in [9.17, 15) is 0 Å². The average Bonchev–Trinajstić information content (AvgIpc) is 2.48. The van der Waals surface area contributed by atoms with Gasteiger partial charge in [-0.15, -0.1) is 0 Å². The lowest BCUT2D eigenvalue weighted by Crippen LogP contribution is -2.19. The van der Waals surface area contributed by atoms with Crippen molar-refractivity contribution in [3.63, 3.8) is 0 Å². The Balaban J connectivity index is 1.94. The molecule has 21 heavy (non-hydrogen) atoms. The highest BCUT2D eigenvalue weighted by atomic mass is 14.3. The van der Waals surface area contributed by atoms with E-state index in [-0.39, 0.29) is 5.41 Å². The number of hydrogen-bond donors (Lipinski definition) is 0. The molecule has 0 saturated carbocycles. The van der Waals surface area contributed by atoms with E-state index in [2.05, 4.69) is 76.2 Å². The van der Waals surface area contributed by atoms with Crippen molar-refractivity contribution in [1.82, 2.24) is 0 Å². The average molecular weight is 279 g/mol. The van der Waals surface area contributed by atoms with E-state index < -0.39 is 0 Å². The van der Waals surface area contributed by atoms with Crippen molar-refractivity contribution < 1.29 is 0 Å². The third kappa shape index (κ3) is 4.20. The zero-order valence-electron chi connectivity index (χ0n) is 13.7. The summed E-state index contributed by atoms with van der Waals surface area (Å²) in [5.41, 5.74) is 5.59. The van der Waals surface area contributed by atoms with Crippen LogP contribution in [0.5, 0.6) is 0 Å². The van der Waals surface area contributed by atoms with Gasteiger partial charge < -0.3 is 0 Å². The van der Waals surface area contributed by atoms with Gasteiger partial charge in [0.05, 0.1) is 0 Å². The molecule has 0 aliphatic carbocycles. The standard InChI is InChI=1S/C21H27/c1-5-18-12-14-19(15-13-18)10-8-16-21(3,4)20-11-7-6-9-17(20)2/h6-7,9,11-15H,3,5,8,10,16H2,1-2,4H3. The molecular weight excluding hydrogens is 252 g/mol. The molecule has 111 valence electrons. The summed E-state index contributed by atoms with van der Waals surface area (Å²) in [6.07, 6.45) is 4.55. The van der Waals surface area contributed by atoms with Gasteiger partial charge in [0, 0.05) is 0 Å². The van der Waals surface area contributed by atoms with Crippen LogP contribution in [0, 0.1) is 13.8 Å². The molecule has 2 aromatic carbocycles. The van der Waals surface area contributed by atoms with E-state index in [1.54, 1.807) is 0 Å². The second-order valence-electron chi connectivity index (χ2n) is 6.40. The molecular formula is C21H27. The highest BCUT2D eigenvalue weighted by Crippen LogP contribution is 2.30. The molecule has 0 fully saturated rings. The predicted molar refractivity (Wildman–Crippen MR) is 92.6 cm³/mol. The lowest BCUT2D eigenvalue weighted by molar-refractivity contribution is 0.508. The van der Waals surface area contributed by atoms with Crippen LogP contribution < -0.4 is 0 Å². The zero-order valence-corrected chi connectivity index (χ0v) is 13.7. The first-order valence-electron chi connectivity index (χ1n) is 8.02. The smallest absolute Gasteiger partial charge is 0.00722 e. The largest absolute Gasteiger partial charge is 0.0620 e. The van der Waals surface area contributed by atoms with Crippen LogP contribution in [0.25, 0.3) is 0 Å². The molecule has 0 N–H and O–H groups in total. The van der Waals surface area contributed by atoms with E-state index >= 15 is 0 Å². The van der Waals surface area contributed by atoms with E-state index in [0.717, 1.165) is 19.3 Å². The third-order valence-electron chi connectivity index (χ3n) is 4.42. The summed E-state index contributed by atoms with van der Waals surface area (Å²) >= 11 is 0. The quantitative estimate of drug-likeness (QED) is 0.639. The number of rotatable bonds is 6. The maximum atomic E-state index is 4.46. The topological polar surface area (TPSA) is 0 Å². The molecule has 0 amide bonds. The van der Waals surface area contributed by atoms with Crippen LogP contribution >= 0.6 is 0 Å². The summed E-state index contributed by atoms with van der Waals surface area (Å²) in [6.45, 7) is 11.1. The first-order chi connectivity index (χ1) is 10.0. The number of aryl methyl sites for hydroxylation is 3. The van der Waals surface area contributed by atoms with E-state index in [1.165, 1.54) is 28.7 Å². The van der Waals surface area contributed by atoms with Gasteiger partial charge in [-0.3, -0.25) is 0 Å². The Morgan fingerprint density at radius 2 is 1.57 bits per heavy atom. The SMILES string of the molecule is [CH2]C(C)(CCCc1ccc(CC)cc1)c1ccccc1C. The highest BCUT2D eigenvalue weighted by Gasteiger charge is 2.21. The molecule has 1 radical (unpaired) electrons. The van der Waals surface area contributed by atoms with Crippen molar-refractivity contribution >= 4 is 0 Å². The summed E-state index contributed by atoms with van der Waals surface area (Å²) in [6, 6.07) is 17.7. The van der Waals surface area contributed by atoms with Gasteiger partial charge in [-0.1, -0.05) is 62.4 Å². The Labute approximate surface area is 130 Å². The number of benzene rings is 2. The Morgan fingerprint density at radius 3 is 2.19 bits per heavy atom. The zero-order chi connectivity index (χ0) is 15.3. The molecule has 0 saturated heterocycles.